The standard InChI is InChI=1S/C23H30N4O2S/c1-16-11-13-18(14-12-16)30(28,29)27-21-10-6-5-9-19(21)22(20(15-24)23(27)25)26-17-7-3-2-4-8-17/h11-14,17,19,21,25-26H,2-10H2,1H3. The molecule has 0 amide bonds. The molecule has 2 saturated carbocycles. The molecule has 0 aromatic heterocycles. The summed E-state index contributed by atoms with van der Waals surface area (Å²) in [5, 5.41) is 22.3. The molecular formula is C23H30N4O2S. The van der Waals surface area contributed by atoms with E-state index in [0.29, 0.717) is 12.5 Å². The molecule has 30 heavy (non-hydrogen) atoms. The summed E-state index contributed by atoms with van der Waals surface area (Å²) in [5.41, 5.74) is 1.99. The van der Waals surface area contributed by atoms with Gasteiger partial charge in [-0.1, -0.05) is 49.8 Å². The molecule has 1 heterocycles. The summed E-state index contributed by atoms with van der Waals surface area (Å²) in [6, 6.07) is 8.93. The number of nitrogens with zero attached hydrogens (tertiary/aromatic N) is 2. The molecule has 2 aliphatic carbocycles. The van der Waals surface area contributed by atoms with Crippen LogP contribution in [0, 0.1) is 29.6 Å². The smallest absolute Gasteiger partial charge is 0.265 e. The van der Waals surface area contributed by atoms with Gasteiger partial charge < -0.3 is 5.32 Å². The Bertz CT molecular complexity index is 985. The molecule has 0 spiro atoms. The number of sulfonamides is 1. The Hall–Kier alpha value is -2.33. The minimum absolute atomic E-state index is 0.0513. The van der Waals surface area contributed by atoms with Crippen molar-refractivity contribution in [1.82, 2.24) is 9.62 Å². The molecule has 0 saturated heterocycles. The summed E-state index contributed by atoms with van der Waals surface area (Å²) in [7, 11) is -3.90. The van der Waals surface area contributed by atoms with Gasteiger partial charge in [-0.25, -0.2) is 12.7 Å². The van der Waals surface area contributed by atoms with E-state index in [4.69, 9.17) is 5.41 Å². The van der Waals surface area contributed by atoms with Crippen molar-refractivity contribution in [3.05, 3.63) is 41.1 Å². The van der Waals surface area contributed by atoms with Crippen LogP contribution in [0.3, 0.4) is 0 Å². The topological polar surface area (TPSA) is 97.1 Å². The zero-order chi connectivity index (χ0) is 21.3. The number of hydrogen-bond acceptors (Lipinski definition) is 5. The zero-order valence-corrected chi connectivity index (χ0v) is 18.3. The highest BCUT2D eigenvalue weighted by atomic mass is 32.2. The Morgan fingerprint density at radius 3 is 2.33 bits per heavy atom. The third kappa shape index (κ3) is 3.74. The summed E-state index contributed by atoms with van der Waals surface area (Å²) in [4.78, 5) is 0.183. The van der Waals surface area contributed by atoms with Crippen molar-refractivity contribution in [2.45, 2.75) is 81.7 Å². The van der Waals surface area contributed by atoms with Gasteiger partial charge in [-0.3, -0.25) is 5.41 Å². The maximum atomic E-state index is 13.6. The van der Waals surface area contributed by atoms with Gasteiger partial charge >= 0.3 is 0 Å². The minimum atomic E-state index is -3.90. The van der Waals surface area contributed by atoms with Crippen molar-refractivity contribution in [2.75, 3.05) is 0 Å². The van der Waals surface area contributed by atoms with Gasteiger partial charge in [0, 0.05) is 17.7 Å². The van der Waals surface area contributed by atoms with Gasteiger partial charge in [-0.05, 0) is 44.7 Å². The molecule has 160 valence electrons. The second kappa shape index (κ2) is 8.43. The lowest BCUT2D eigenvalue weighted by molar-refractivity contribution is 0.230. The highest BCUT2D eigenvalue weighted by molar-refractivity contribution is 7.89. The lowest BCUT2D eigenvalue weighted by Gasteiger charge is -2.46. The molecule has 1 aliphatic heterocycles. The summed E-state index contributed by atoms with van der Waals surface area (Å²) in [6.07, 6.45) is 9.24. The number of aryl methyl sites for hydroxylation is 1. The predicted octanol–water partition coefficient (Wildman–Crippen LogP) is 4.24. The molecule has 6 nitrogen and oxygen atoms in total. The van der Waals surface area contributed by atoms with E-state index in [1.165, 1.54) is 23.6 Å². The van der Waals surface area contributed by atoms with E-state index in [1.807, 2.05) is 6.92 Å². The summed E-state index contributed by atoms with van der Waals surface area (Å²) < 4.78 is 28.4. The largest absolute Gasteiger partial charge is 0.384 e. The average Bonchev–Trinajstić information content (AvgIpc) is 2.75. The van der Waals surface area contributed by atoms with Crippen LogP contribution in [0.5, 0.6) is 0 Å². The first-order valence-electron chi connectivity index (χ1n) is 11.0. The van der Waals surface area contributed by atoms with Crippen LogP contribution in [0.4, 0.5) is 0 Å². The van der Waals surface area contributed by atoms with Gasteiger partial charge in [0.15, 0.2) is 5.84 Å². The lowest BCUT2D eigenvalue weighted by atomic mass is 9.78. The molecule has 1 aromatic carbocycles. The number of nitrogens with one attached hydrogen (secondary N) is 2. The van der Waals surface area contributed by atoms with Crippen LogP contribution in [0.1, 0.15) is 63.4 Å². The Kier molecular flexibility index (Phi) is 5.88. The van der Waals surface area contributed by atoms with Crippen molar-refractivity contribution in [1.29, 1.82) is 10.7 Å². The molecule has 4 rings (SSSR count). The SMILES string of the molecule is Cc1ccc(S(=O)(=O)N2C(=N)C(C#N)=C(NC3CCCCC3)C3CCCCC32)cc1. The van der Waals surface area contributed by atoms with Gasteiger partial charge in [0.2, 0.25) is 0 Å². The van der Waals surface area contributed by atoms with Crippen LogP contribution in [0.15, 0.2) is 40.4 Å². The van der Waals surface area contributed by atoms with Gasteiger partial charge in [-0.15, -0.1) is 0 Å². The van der Waals surface area contributed by atoms with E-state index in [1.54, 1.807) is 24.3 Å². The normalized spacial score (nSPS) is 25.6. The average molecular weight is 427 g/mol. The first kappa shape index (κ1) is 20.9. The van der Waals surface area contributed by atoms with E-state index in [2.05, 4.69) is 11.4 Å². The number of benzene rings is 1. The first-order chi connectivity index (χ1) is 14.4. The van der Waals surface area contributed by atoms with Gasteiger partial charge in [0.05, 0.1) is 10.9 Å². The van der Waals surface area contributed by atoms with Crippen LogP contribution in [0.2, 0.25) is 0 Å². The molecule has 1 aromatic rings. The number of nitriles is 1. The molecular weight excluding hydrogens is 396 g/mol. The Morgan fingerprint density at radius 1 is 1.03 bits per heavy atom. The molecule has 7 heteroatoms. The van der Waals surface area contributed by atoms with Gasteiger partial charge in [0.25, 0.3) is 10.0 Å². The molecule has 0 radical (unpaired) electrons. The van der Waals surface area contributed by atoms with Crippen LogP contribution in [-0.4, -0.2) is 30.6 Å². The fourth-order valence-electron chi connectivity index (χ4n) is 5.20. The van der Waals surface area contributed by atoms with E-state index in [0.717, 1.165) is 43.4 Å². The minimum Gasteiger partial charge on any atom is -0.384 e. The van der Waals surface area contributed by atoms with Crippen LogP contribution >= 0.6 is 0 Å². The summed E-state index contributed by atoms with van der Waals surface area (Å²) in [6.45, 7) is 1.91. The molecule has 2 N–H and O–H groups in total. The number of hydrogen-bond donors (Lipinski definition) is 2. The summed E-state index contributed by atoms with van der Waals surface area (Å²) >= 11 is 0. The third-order valence-electron chi connectivity index (χ3n) is 6.78. The molecule has 3 aliphatic rings. The lowest BCUT2D eigenvalue weighted by Crippen LogP contribution is -2.55. The van der Waals surface area contributed by atoms with Crippen molar-refractivity contribution in [2.24, 2.45) is 5.92 Å². The van der Waals surface area contributed by atoms with Crippen LogP contribution in [-0.2, 0) is 10.0 Å². The molecule has 0 bridgehead atoms. The monoisotopic (exact) mass is 426 g/mol. The van der Waals surface area contributed by atoms with Crippen molar-refractivity contribution >= 4 is 15.9 Å². The Labute approximate surface area is 179 Å². The second-order valence-corrected chi connectivity index (χ2v) is 10.6. The molecule has 2 fully saturated rings. The quantitative estimate of drug-likeness (QED) is 0.753. The Morgan fingerprint density at radius 2 is 1.67 bits per heavy atom. The van der Waals surface area contributed by atoms with Gasteiger partial charge in [0.1, 0.15) is 11.6 Å². The van der Waals surface area contributed by atoms with Gasteiger partial charge in [-0.2, -0.15) is 5.26 Å². The van der Waals surface area contributed by atoms with E-state index in [-0.39, 0.29) is 28.3 Å². The third-order valence-corrected chi connectivity index (χ3v) is 8.62. The van der Waals surface area contributed by atoms with Crippen LogP contribution < -0.4 is 5.32 Å². The number of fused-ring (bicyclic) bond motifs is 1. The fourth-order valence-corrected chi connectivity index (χ4v) is 6.85. The van der Waals surface area contributed by atoms with Crippen molar-refractivity contribution < 1.29 is 8.42 Å². The predicted molar refractivity (Wildman–Crippen MR) is 116 cm³/mol. The van der Waals surface area contributed by atoms with E-state index in [9.17, 15) is 13.7 Å². The molecule has 2 atom stereocenters. The zero-order valence-electron chi connectivity index (χ0n) is 17.5. The highest BCUT2D eigenvalue weighted by Crippen LogP contribution is 2.41. The van der Waals surface area contributed by atoms with E-state index >= 15 is 0 Å². The molecule has 2 unspecified atom stereocenters. The Balaban J connectivity index is 1.75. The van der Waals surface area contributed by atoms with Crippen molar-refractivity contribution in [3.63, 3.8) is 0 Å². The maximum Gasteiger partial charge on any atom is 0.265 e. The highest BCUT2D eigenvalue weighted by Gasteiger charge is 2.46. The second-order valence-electron chi connectivity index (χ2n) is 8.80. The van der Waals surface area contributed by atoms with E-state index < -0.39 is 10.0 Å². The first-order valence-corrected chi connectivity index (χ1v) is 12.5. The summed E-state index contributed by atoms with van der Waals surface area (Å²) in [5.74, 6) is -0.232. The van der Waals surface area contributed by atoms with Crippen molar-refractivity contribution in [3.8, 4) is 6.07 Å². The maximum absolute atomic E-state index is 13.6. The number of rotatable bonds is 4. The number of amidine groups is 1. The fraction of sp³-hybridized carbons (Fsp3) is 0.565. The van der Waals surface area contributed by atoms with Crippen LogP contribution in [0.25, 0.3) is 0 Å².